The van der Waals surface area contributed by atoms with Crippen LogP contribution in [0.5, 0.6) is 0 Å². The third-order valence-corrected chi connectivity index (χ3v) is 4.29. The van der Waals surface area contributed by atoms with Gasteiger partial charge in [-0.1, -0.05) is 30.3 Å². The molecule has 0 radical (unpaired) electrons. The summed E-state index contributed by atoms with van der Waals surface area (Å²) in [5, 5.41) is 11.7. The molecule has 2 N–H and O–H groups in total. The number of hydrogen-bond acceptors (Lipinski definition) is 2. The van der Waals surface area contributed by atoms with Gasteiger partial charge in [-0.25, -0.2) is 0 Å². The second-order valence-electron chi connectivity index (χ2n) is 5.65. The van der Waals surface area contributed by atoms with E-state index in [1.807, 2.05) is 18.2 Å². The van der Waals surface area contributed by atoms with Crippen molar-refractivity contribution < 1.29 is 14.7 Å². The van der Waals surface area contributed by atoms with Gasteiger partial charge in [0.05, 0.1) is 11.8 Å². The minimum Gasteiger partial charge on any atom is -0.481 e. The molecule has 0 spiro atoms. The van der Waals surface area contributed by atoms with E-state index < -0.39 is 11.9 Å². The Morgan fingerprint density at radius 1 is 1.21 bits per heavy atom. The molecule has 1 amide bonds. The van der Waals surface area contributed by atoms with Gasteiger partial charge in [-0.2, -0.15) is 0 Å². The summed E-state index contributed by atoms with van der Waals surface area (Å²) in [6, 6.07) is 10.2. The monoisotopic (exact) mass is 259 g/mol. The van der Waals surface area contributed by atoms with Crippen molar-refractivity contribution in [2.24, 2.45) is 11.8 Å². The Hall–Kier alpha value is -1.84. The normalized spacial score (nSPS) is 26.5. The molecule has 2 aliphatic carbocycles. The number of carboxylic acids is 1. The van der Waals surface area contributed by atoms with Gasteiger partial charge in [-0.05, 0) is 24.8 Å². The molecule has 2 aliphatic rings. The minimum absolute atomic E-state index is 0.0878. The molecule has 2 saturated carbocycles. The zero-order valence-corrected chi connectivity index (χ0v) is 10.6. The van der Waals surface area contributed by atoms with E-state index in [0.29, 0.717) is 13.0 Å². The molecule has 0 unspecified atom stereocenters. The number of rotatable bonds is 5. The highest BCUT2D eigenvalue weighted by atomic mass is 16.4. The van der Waals surface area contributed by atoms with Crippen molar-refractivity contribution in [2.75, 3.05) is 6.54 Å². The molecule has 0 bridgehead atoms. The molecule has 19 heavy (non-hydrogen) atoms. The van der Waals surface area contributed by atoms with Crippen LogP contribution in [0.3, 0.4) is 0 Å². The molecule has 1 aromatic rings. The maximum absolute atomic E-state index is 11.9. The van der Waals surface area contributed by atoms with E-state index in [-0.39, 0.29) is 17.2 Å². The molecule has 0 aromatic heterocycles. The van der Waals surface area contributed by atoms with Crippen LogP contribution in [-0.4, -0.2) is 23.5 Å². The Bertz CT molecular complexity index is 507. The lowest BCUT2D eigenvalue weighted by atomic mass is 9.96. The maximum Gasteiger partial charge on any atom is 0.307 e. The van der Waals surface area contributed by atoms with Crippen molar-refractivity contribution in [3.63, 3.8) is 0 Å². The molecule has 2 fully saturated rings. The van der Waals surface area contributed by atoms with Gasteiger partial charge >= 0.3 is 5.97 Å². The van der Waals surface area contributed by atoms with E-state index in [4.69, 9.17) is 5.11 Å². The van der Waals surface area contributed by atoms with Crippen LogP contribution in [0, 0.1) is 11.8 Å². The first-order valence-electron chi connectivity index (χ1n) is 6.68. The summed E-state index contributed by atoms with van der Waals surface area (Å²) in [6.07, 6.45) is 2.66. The molecular formula is C15H17NO3. The van der Waals surface area contributed by atoms with Crippen LogP contribution in [0.15, 0.2) is 30.3 Å². The number of carboxylic acid groups (broad SMARTS) is 1. The second kappa shape index (κ2) is 4.37. The summed E-state index contributed by atoms with van der Waals surface area (Å²) in [4.78, 5) is 22.6. The smallest absolute Gasteiger partial charge is 0.307 e. The van der Waals surface area contributed by atoms with Crippen LogP contribution in [0.4, 0.5) is 0 Å². The first-order chi connectivity index (χ1) is 9.12. The fourth-order valence-corrected chi connectivity index (χ4v) is 2.66. The Balaban J connectivity index is 1.56. The summed E-state index contributed by atoms with van der Waals surface area (Å²) in [6.45, 7) is 0.624. The van der Waals surface area contributed by atoms with Gasteiger partial charge in [0.2, 0.25) is 5.91 Å². The summed E-state index contributed by atoms with van der Waals surface area (Å²) in [7, 11) is 0. The summed E-state index contributed by atoms with van der Waals surface area (Å²) in [5.74, 6) is -1.74. The number of carbonyl (C=O) groups is 2. The van der Waals surface area contributed by atoms with Crippen molar-refractivity contribution in [2.45, 2.75) is 24.7 Å². The number of hydrogen-bond donors (Lipinski definition) is 2. The number of carbonyl (C=O) groups excluding carboxylic acids is 1. The first kappa shape index (κ1) is 12.2. The Morgan fingerprint density at radius 3 is 2.42 bits per heavy atom. The quantitative estimate of drug-likeness (QED) is 0.843. The zero-order valence-electron chi connectivity index (χ0n) is 10.6. The average Bonchev–Trinajstić information content (AvgIpc) is 3.30. The van der Waals surface area contributed by atoms with Crippen LogP contribution >= 0.6 is 0 Å². The van der Waals surface area contributed by atoms with Crippen LogP contribution < -0.4 is 5.32 Å². The van der Waals surface area contributed by atoms with Gasteiger partial charge in [-0.15, -0.1) is 0 Å². The van der Waals surface area contributed by atoms with Gasteiger partial charge in [0.25, 0.3) is 0 Å². The molecule has 100 valence electrons. The summed E-state index contributed by atoms with van der Waals surface area (Å²) in [5.41, 5.74) is 1.35. The molecule has 4 nitrogen and oxygen atoms in total. The highest BCUT2D eigenvalue weighted by molar-refractivity contribution is 5.89. The number of aliphatic carboxylic acids is 1. The molecule has 0 heterocycles. The minimum atomic E-state index is -0.857. The van der Waals surface area contributed by atoms with E-state index >= 15 is 0 Å². The molecule has 2 atom stereocenters. The third kappa shape index (κ3) is 2.35. The predicted molar refractivity (Wildman–Crippen MR) is 69.6 cm³/mol. The topological polar surface area (TPSA) is 66.4 Å². The highest BCUT2D eigenvalue weighted by Gasteiger charge is 2.50. The van der Waals surface area contributed by atoms with Crippen LogP contribution in [0.1, 0.15) is 24.8 Å². The van der Waals surface area contributed by atoms with Gasteiger partial charge in [-0.3, -0.25) is 9.59 Å². The maximum atomic E-state index is 11.9. The van der Waals surface area contributed by atoms with Crippen molar-refractivity contribution in [1.82, 2.24) is 5.32 Å². The fourth-order valence-electron chi connectivity index (χ4n) is 2.66. The second-order valence-corrected chi connectivity index (χ2v) is 5.65. The van der Waals surface area contributed by atoms with Crippen LogP contribution in [0.25, 0.3) is 0 Å². The lowest BCUT2D eigenvalue weighted by Gasteiger charge is -2.16. The predicted octanol–water partition coefficient (Wildman–Crippen LogP) is 1.56. The van der Waals surface area contributed by atoms with Crippen LogP contribution in [-0.2, 0) is 15.0 Å². The SMILES string of the molecule is O=C(NCC1(c2ccccc2)CC1)[C@H]1C[C@H]1C(=O)O. The highest BCUT2D eigenvalue weighted by Crippen LogP contribution is 2.48. The number of nitrogens with one attached hydrogen (secondary N) is 1. The standard InChI is InChI=1S/C15H17NO3/c17-13(11-8-12(11)14(18)19)16-9-15(6-7-15)10-4-2-1-3-5-10/h1-5,11-12H,6-9H2,(H,16,17)(H,18,19)/t11-,12+/m0/s1. The van der Waals surface area contributed by atoms with Crippen LogP contribution in [0.2, 0.25) is 0 Å². The van der Waals surface area contributed by atoms with Gasteiger partial charge in [0.1, 0.15) is 0 Å². The molecule has 0 aliphatic heterocycles. The zero-order chi connectivity index (χ0) is 13.5. The number of amides is 1. The van der Waals surface area contributed by atoms with Crippen molar-refractivity contribution in [3.05, 3.63) is 35.9 Å². The number of benzene rings is 1. The lowest BCUT2D eigenvalue weighted by Crippen LogP contribution is -2.33. The Kier molecular flexibility index (Phi) is 2.81. The molecule has 0 saturated heterocycles. The van der Waals surface area contributed by atoms with Crippen molar-refractivity contribution in [3.8, 4) is 0 Å². The molecule has 1 aromatic carbocycles. The van der Waals surface area contributed by atoms with Crippen molar-refractivity contribution in [1.29, 1.82) is 0 Å². The largest absolute Gasteiger partial charge is 0.481 e. The summed E-state index contributed by atoms with van der Waals surface area (Å²) < 4.78 is 0. The Morgan fingerprint density at radius 2 is 1.89 bits per heavy atom. The van der Waals surface area contributed by atoms with Gasteiger partial charge in [0.15, 0.2) is 0 Å². The molecule has 4 heteroatoms. The Labute approximate surface area is 111 Å². The molecular weight excluding hydrogens is 242 g/mol. The average molecular weight is 259 g/mol. The lowest BCUT2D eigenvalue weighted by molar-refractivity contribution is -0.140. The summed E-state index contributed by atoms with van der Waals surface area (Å²) >= 11 is 0. The third-order valence-electron chi connectivity index (χ3n) is 4.29. The fraction of sp³-hybridized carbons (Fsp3) is 0.467. The van der Waals surface area contributed by atoms with Gasteiger partial charge < -0.3 is 10.4 Å². The van der Waals surface area contributed by atoms with E-state index in [2.05, 4.69) is 17.4 Å². The first-order valence-corrected chi connectivity index (χ1v) is 6.68. The van der Waals surface area contributed by atoms with E-state index in [9.17, 15) is 9.59 Å². The van der Waals surface area contributed by atoms with Gasteiger partial charge in [0, 0.05) is 12.0 Å². The van der Waals surface area contributed by atoms with E-state index in [1.165, 1.54) is 5.56 Å². The molecule has 3 rings (SSSR count). The van der Waals surface area contributed by atoms with E-state index in [0.717, 1.165) is 12.8 Å². The van der Waals surface area contributed by atoms with E-state index in [1.54, 1.807) is 0 Å². The van der Waals surface area contributed by atoms with Crippen molar-refractivity contribution >= 4 is 11.9 Å².